The SMILES string of the molecule is N#C[C@@]12C3(N=C(N)[C@]1(C#N)C21CCC(c2ccccc2)CC1)OCCO3. The molecule has 3 fully saturated rings. The Balaban J connectivity index is 1.54. The van der Waals surface area contributed by atoms with Crippen LogP contribution in [0.25, 0.3) is 0 Å². The van der Waals surface area contributed by atoms with Crippen molar-refractivity contribution in [2.45, 2.75) is 37.5 Å². The zero-order valence-corrected chi connectivity index (χ0v) is 14.4. The summed E-state index contributed by atoms with van der Waals surface area (Å²) < 4.78 is 11.6. The van der Waals surface area contributed by atoms with Crippen LogP contribution >= 0.6 is 0 Å². The van der Waals surface area contributed by atoms with E-state index in [9.17, 15) is 10.5 Å². The number of nitrogens with zero attached hydrogens (tertiary/aromatic N) is 3. The molecule has 0 aromatic heterocycles. The van der Waals surface area contributed by atoms with E-state index in [1.807, 2.05) is 6.07 Å². The van der Waals surface area contributed by atoms with E-state index in [1.54, 1.807) is 0 Å². The van der Waals surface area contributed by atoms with Gasteiger partial charge in [-0.1, -0.05) is 30.3 Å². The summed E-state index contributed by atoms with van der Waals surface area (Å²) in [7, 11) is 0. The minimum Gasteiger partial charge on any atom is -0.386 e. The van der Waals surface area contributed by atoms with Gasteiger partial charge in [0.15, 0.2) is 5.41 Å². The Hall–Kier alpha value is -2.41. The normalized spacial score (nSPS) is 42.1. The number of nitrogens with two attached hydrogens (primary N) is 1. The molecule has 2 spiro atoms. The number of nitriles is 2. The minimum atomic E-state index is -1.40. The Kier molecular flexibility index (Phi) is 2.95. The Morgan fingerprint density at radius 1 is 1.04 bits per heavy atom. The molecule has 6 heteroatoms. The van der Waals surface area contributed by atoms with Gasteiger partial charge in [0, 0.05) is 5.41 Å². The topological polar surface area (TPSA) is 104 Å². The number of hydrogen-bond donors (Lipinski definition) is 1. The first-order valence-corrected chi connectivity index (χ1v) is 9.14. The zero-order chi connectivity index (χ0) is 18.0. The maximum absolute atomic E-state index is 10.2. The molecule has 1 saturated heterocycles. The van der Waals surface area contributed by atoms with Crippen molar-refractivity contribution >= 4 is 5.84 Å². The third kappa shape index (κ3) is 1.37. The third-order valence-corrected chi connectivity index (χ3v) is 7.19. The van der Waals surface area contributed by atoms with Gasteiger partial charge in [0.25, 0.3) is 5.91 Å². The number of ether oxygens (including phenoxy) is 2. The number of hydrogen-bond acceptors (Lipinski definition) is 6. The second kappa shape index (κ2) is 4.85. The van der Waals surface area contributed by atoms with Crippen LogP contribution in [0.3, 0.4) is 0 Å². The zero-order valence-electron chi connectivity index (χ0n) is 14.4. The summed E-state index contributed by atoms with van der Waals surface area (Å²) in [5.74, 6) is -0.753. The van der Waals surface area contributed by atoms with Gasteiger partial charge in [0.05, 0.1) is 25.4 Å². The van der Waals surface area contributed by atoms with E-state index < -0.39 is 22.2 Å². The van der Waals surface area contributed by atoms with E-state index in [-0.39, 0.29) is 5.84 Å². The van der Waals surface area contributed by atoms with Gasteiger partial charge in [-0.3, -0.25) is 0 Å². The Bertz CT molecular complexity index is 869. The van der Waals surface area contributed by atoms with Gasteiger partial charge < -0.3 is 15.2 Å². The molecular weight excluding hydrogens is 328 g/mol. The van der Waals surface area contributed by atoms with Gasteiger partial charge in [0.2, 0.25) is 0 Å². The van der Waals surface area contributed by atoms with Gasteiger partial charge >= 0.3 is 0 Å². The standard InChI is InChI=1S/C20H20N4O2/c21-12-18-16(23)24-20(25-10-11-26-20)19(18,13-22)17(18)8-6-15(7-9-17)14-4-2-1-3-5-14/h1-5,15H,6-11H2,(H2,23,24)/t15?,17?,18-,19+/m1/s1. The van der Waals surface area contributed by atoms with E-state index in [2.05, 4.69) is 41.4 Å². The van der Waals surface area contributed by atoms with Crippen molar-refractivity contribution in [2.24, 2.45) is 27.0 Å². The molecule has 2 N–H and O–H groups in total. The van der Waals surface area contributed by atoms with Crippen LogP contribution in [-0.4, -0.2) is 25.0 Å². The molecule has 1 aromatic rings. The summed E-state index contributed by atoms with van der Waals surface area (Å²) in [4.78, 5) is 4.37. The number of amidine groups is 1. The molecule has 2 aliphatic carbocycles. The molecule has 0 radical (unpaired) electrons. The first kappa shape index (κ1) is 15.8. The second-order valence-electron chi connectivity index (χ2n) is 7.77. The van der Waals surface area contributed by atoms with Crippen LogP contribution in [0.2, 0.25) is 0 Å². The van der Waals surface area contributed by atoms with Crippen LogP contribution in [-0.2, 0) is 9.47 Å². The molecule has 6 nitrogen and oxygen atoms in total. The summed E-state index contributed by atoms with van der Waals surface area (Å²) in [5, 5.41) is 20.3. The fourth-order valence-electron chi connectivity index (χ4n) is 6.11. The number of rotatable bonds is 1. The molecule has 0 bridgehead atoms. The Morgan fingerprint density at radius 3 is 2.27 bits per heavy atom. The molecule has 2 saturated carbocycles. The lowest BCUT2D eigenvalue weighted by Gasteiger charge is -2.36. The maximum Gasteiger partial charge on any atom is 0.293 e. The molecule has 5 rings (SSSR count). The van der Waals surface area contributed by atoms with Crippen LogP contribution in [0.4, 0.5) is 0 Å². The fourth-order valence-corrected chi connectivity index (χ4v) is 6.11. The van der Waals surface area contributed by atoms with Gasteiger partial charge in [0.1, 0.15) is 11.3 Å². The van der Waals surface area contributed by atoms with E-state index in [4.69, 9.17) is 15.2 Å². The Labute approximate surface area is 152 Å². The second-order valence-corrected chi connectivity index (χ2v) is 7.77. The highest BCUT2D eigenvalue weighted by atomic mass is 16.8. The third-order valence-electron chi connectivity index (χ3n) is 7.19. The van der Waals surface area contributed by atoms with E-state index in [1.165, 1.54) is 5.56 Å². The summed E-state index contributed by atoms with van der Waals surface area (Å²) in [6.45, 7) is 0.731. The van der Waals surface area contributed by atoms with Crippen molar-refractivity contribution in [3.63, 3.8) is 0 Å². The average Bonchev–Trinajstić information content (AvgIpc) is 2.95. The minimum absolute atomic E-state index is 0.210. The number of aliphatic imine (C=N–C) groups is 1. The van der Waals surface area contributed by atoms with Gasteiger partial charge in [-0.25, -0.2) is 4.99 Å². The predicted molar refractivity (Wildman–Crippen MR) is 92.4 cm³/mol. The van der Waals surface area contributed by atoms with Gasteiger partial charge in [-0.2, -0.15) is 10.5 Å². The average molecular weight is 348 g/mol. The predicted octanol–water partition coefficient (Wildman–Crippen LogP) is 2.44. The lowest BCUT2D eigenvalue weighted by atomic mass is 9.71. The van der Waals surface area contributed by atoms with Crippen molar-refractivity contribution in [2.75, 3.05) is 13.2 Å². The van der Waals surface area contributed by atoms with E-state index >= 15 is 0 Å². The summed E-state index contributed by atoms with van der Waals surface area (Å²) in [6.07, 6.45) is 3.33. The molecule has 26 heavy (non-hydrogen) atoms. The summed E-state index contributed by atoms with van der Waals surface area (Å²) in [5.41, 5.74) is 4.79. The monoisotopic (exact) mass is 348 g/mol. The maximum atomic E-state index is 10.2. The molecule has 0 amide bonds. The van der Waals surface area contributed by atoms with Gasteiger partial charge in [-0.05, 0) is 37.2 Å². The number of benzene rings is 1. The fraction of sp³-hybridized carbons (Fsp3) is 0.550. The van der Waals surface area contributed by atoms with Crippen molar-refractivity contribution in [3.05, 3.63) is 35.9 Å². The first-order valence-electron chi connectivity index (χ1n) is 9.14. The van der Waals surface area contributed by atoms with Crippen molar-refractivity contribution < 1.29 is 9.47 Å². The largest absolute Gasteiger partial charge is 0.386 e. The molecule has 132 valence electrons. The highest BCUT2D eigenvalue weighted by Gasteiger charge is 3.00. The molecule has 1 aromatic carbocycles. The van der Waals surface area contributed by atoms with Crippen molar-refractivity contribution in [3.8, 4) is 12.1 Å². The number of fused-ring (bicyclic) bond motifs is 4. The summed E-state index contributed by atoms with van der Waals surface area (Å²) >= 11 is 0. The van der Waals surface area contributed by atoms with Crippen LogP contribution in [0.5, 0.6) is 0 Å². The Morgan fingerprint density at radius 2 is 1.69 bits per heavy atom. The first-order chi connectivity index (χ1) is 12.6. The summed E-state index contributed by atoms with van der Waals surface area (Å²) in [6, 6.07) is 15.2. The quantitative estimate of drug-likeness (QED) is 0.839. The van der Waals surface area contributed by atoms with Crippen molar-refractivity contribution in [1.82, 2.24) is 0 Å². The lowest BCUT2D eigenvalue weighted by molar-refractivity contribution is -0.193. The highest BCUT2D eigenvalue weighted by molar-refractivity contribution is 6.00. The smallest absolute Gasteiger partial charge is 0.293 e. The molecule has 2 atom stereocenters. The molecule has 2 heterocycles. The van der Waals surface area contributed by atoms with Crippen LogP contribution in [0.15, 0.2) is 35.3 Å². The van der Waals surface area contributed by atoms with E-state index in [0.717, 1.165) is 25.7 Å². The van der Waals surface area contributed by atoms with Crippen LogP contribution < -0.4 is 5.73 Å². The molecule has 0 unspecified atom stereocenters. The lowest BCUT2D eigenvalue weighted by Crippen LogP contribution is -2.42. The van der Waals surface area contributed by atoms with Gasteiger partial charge in [-0.15, -0.1) is 0 Å². The van der Waals surface area contributed by atoms with E-state index in [0.29, 0.717) is 19.1 Å². The van der Waals surface area contributed by atoms with Crippen LogP contribution in [0.1, 0.15) is 37.2 Å². The van der Waals surface area contributed by atoms with Crippen molar-refractivity contribution in [1.29, 1.82) is 10.5 Å². The molecular formula is C20H20N4O2. The molecule has 4 aliphatic rings. The molecule has 2 aliphatic heterocycles. The highest BCUT2D eigenvalue weighted by Crippen LogP contribution is 2.89. The van der Waals surface area contributed by atoms with Crippen LogP contribution in [0, 0.1) is 38.9 Å².